The number of halogens is 1. The standard InChI is InChI=1S/C19H24ClN3O2S/c1-25-18-5-4-15(20)13-17(18)21-19(24)14-23-10-8-22(9-11-23)7-6-16-3-2-12-26-16/h2-5,12-13H,6-11,14H2,1H3,(H,21,24). The molecule has 1 aliphatic heterocycles. The maximum Gasteiger partial charge on any atom is 0.238 e. The summed E-state index contributed by atoms with van der Waals surface area (Å²) < 4.78 is 5.27. The van der Waals surface area contributed by atoms with Crippen molar-refractivity contribution in [2.24, 2.45) is 0 Å². The Bertz CT molecular complexity index is 716. The number of carbonyl (C=O) groups excluding carboxylic acids is 1. The van der Waals surface area contributed by atoms with E-state index in [0.717, 1.165) is 39.1 Å². The Morgan fingerprint density at radius 1 is 1.23 bits per heavy atom. The molecule has 0 radical (unpaired) electrons. The lowest BCUT2D eigenvalue weighted by Gasteiger charge is -2.34. The Hall–Kier alpha value is -1.60. The monoisotopic (exact) mass is 393 g/mol. The van der Waals surface area contributed by atoms with Crippen LogP contribution in [0.15, 0.2) is 35.7 Å². The summed E-state index contributed by atoms with van der Waals surface area (Å²) in [4.78, 5) is 18.4. The van der Waals surface area contributed by atoms with Crippen LogP contribution in [0, 0.1) is 0 Å². The first-order valence-corrected chi connectivity index (χ1v) is 10.0. The van der Waals surface area contributed by atoms with Gasteiger partial charge in [-0.25, -0.2) is 0 Å². The van der Waals surface area contributed by atoms with Crippen molar-refractivity contribution in [3.05, 3.63) is 45.6 Å². The summed E-state index contributed by atoms with van der Waals surface area (Å²) in [6.07, 6.45) is 1.10. The number of rotatable bonds is 7. The first kappa shape index (κ1) is 19.2. The molecule has 140 valence electrons. The normalized spacial score (nSPS) is 15.8. The van der Waals surface area contributed by atoms with Crippen LogP contribution in [-0.2, 0) is 11.2 Å². The molecule has 0 aliphatic carbocycles. The highest BCUT2D eigenvalue weighted by Gasteiger charge is 2.19. The molecule has 7 heteroatoms. The molecule has 3 rings (SSSR count). The van der Waals surface area contributed by atoms with Crippen molar-refractivity contribution >= 4 is 34.5 Å². The van der Waals surface area contributed by atoms with Gasteiger partial charge in [0.25, 0.3) is 0 Å². The van der Waals surface area contributed by atoms with Crippen molar-refractivity contribution in [2.45, 2.75) is 6.42 Å². The summed E-state index contributed by atoms with van der Waals surface area (Å²) in [5.74, 6) is 0.568. The number of ether oxygens (including phenoxy) is 1. The lowest BCUT2D eigenvalue weighted by Crippen LogP contribution is -2.49. The van der Waals surface area contributed by atoms with Gasteiger partial charge in [-0.05, 0) is 36.1 Å². The zero-order valence-electron chi connectivity index (χ0n) is 14.9. The molecule has 1 N–H and O–H groups in total. The van der Waals surface area contributed by atoms with E-state index in [-0.39, 0.29) is 5.91 Å². The molecule has 5 nitrogen and oxygen atoms in total. The smallest absolute Gasteiger partial charge is 0.238 e. The van der Waals surface area contributed by atoms with Gasteiger partial charge in [-0.1, -0.05) is 17.7 Å². The van der Waals surface area contributed by atoms with Crippen LogP contribution in [0.2, 0.25) is 5.02 Å². The summed E-state index contributed by atoms with van der Waals surface area (Å²) in [6, 6.07) is 9.50. The van der Waals surface area contributed by atoms with Crippen LogP contribution in [0.5, 0.6) is 5.75 Å². The van der Waals surface area contributed by atoms with Crippen molar-refractivity contribution < 1.29 is 9.53 Å². The first-order chi connectivity index (χ1) is 12.6. The summed E-state index contributed by atoms with van der Waals surface area (Å²) >= 11 is 7.83. The molecule has 0 atom stereocenters. The Morgan fingerprint density at radius 2 is 2.00 bits per heavy atom. The topological polar surface area (TPSA) is 44.8 Å². The molecule has 1 amide bonds. The molecule has 1 fully saturated rings. The number of nitrogens with one attached hydrogen (secondary N) is 1. The van der Waals surface area contributed by atoms with E-state index in [9.17, 15) is 4.79 Å². The van der Waals surface area contributed by atoms with Gasteiger partial charge in [-0.2, -0.15) is 0 Å². The zero-order valence-corrected chi connectivity index (χ0v) is 16.5. The zero-order chi connectivity index (χ0) is 18.4. The number of amides is 1. The van der Waals surface area contributed by atoms with E-state index in [1.165, 1.54) is 4.88 Å². The van der Waals surface area contributed by atoms with Gasteiger partial charge in [0.05, 0.1) is 19.3 Å². The molecule has 1 aromatic carbocycles. The van der Waals surface area contributed by atoms with Crippen molar-refractivity contribution in [2.75, 3.05) is 51.7 Å². The molecule has 0 unspecified atom stereocenters. The number of methoxy groups -OCH3 is 1. The quantitative estimate of drug-likeness (QED) is 0.784. The Kier molecular flexibility index (Phi) is 6.91. The molecule has 1 aliphatic rings. The van der Waals surface area contributed by atoms with Gasteiger partial charge in [0, 0.05) is 42.6 Å². The Balaban J connectivity index is 1.42. The number of hydrogen-bond donors (Lipinski definition) is 1. The molecule has 2 heterocycles. The summed E-state index contributed by atoms with van der Waals surface area (Å²) in [6.45, 7) is 5.28. The van der Waals surface area contributed by atoms with E-state index in [1.54, 1.807) is 25.3 Å². The molecule has 26 heavy (non-hydrogen) atoms. The number of thiophene rings is 1. The molecular formula is C19H24ClN3O2S. The van der Waals surface area contributed by atoms with Crippen molar-refractivity contribution in [3.63, 3.8) is 0 Å². The van der Waals surface area contributed by atoms with E-state index >= 15 is 0 Å². The number of benzene rings is 1. The van der Waals surface area contributed by atoms with Gasteiger partial charge < -0.3 is 15.0 Å². The van der Waals surface area contributed by atoms with Crippen LogP contribution in [0.4, 0.5) is 5.69 Å². The second-order valence-corrected chi connectivity index (χ2v) is 7.81. The molecule has 1 saturated heterocycles. The second-order valence-electron chi connectivity index (χ2n) is 6.34. The minimum atomic E-state index is -0.0439. The number of anilines is 1. The summed E-state index contributed by atoms with van der Waals surface area (Å²) in [5, 5.41) is 5.60. The van der Waals surface area contributed by atoms with Crippen LogP contribution in [-0.4, -0.2) is 62.1 Å². The third-order valence-corrected chi connectivity index (χ3v) is 5.69. The highest BCUT2D eigenvalue weighted by molar-refractivity contribution is 7.09. The van der Waals surface area contributed by atoms with Gasteiger partial charge in [0.15, 0.2) is 0 Å². The molecule has 0 saturated carbocycles. The van der Waals surface area contributed by atoms with Crippen LogP contribution in [0.3, 0.4) is 0 Å². The van der Waals surface area contributed by atoms with Gasteiger partial charge in [-0.15, -0.1) is 11.3 Å². The van der Waals surface area contributed by atoms with Crippen molar-refractivity contribution in [3.8, 4) is 5.75 Å². The SMILES string of the molecule is COc1ccc(Cl)cc1NC(=O)CN1CCN(CCc2cccs2)CC1. The Morgan fingerprint density at radius 3 is 2.69 bits per heavy atom. The molecule has 2 aromatic rings. The number of nitrogens with zero attached hydrogens (tertiary/aromatic N) is 2. The molecule has 0 bridgehead atoms. The van der Waals surface area contributed by atoms with Crippen LogP contribution >= 0.6 is 22.9 Å². The average Bonchev–Trinajstić information content (AvgIpc) is 3.15. The van der Waals surface area contributed by atoms with E-state index in [2.05, 4.69) is 32.6 Å². The molecule has 1 aromatic heterocycles. The maximum absolute atomic E-state index is 12.4. The minimum absolute atomic E-state index is 0.0439. The van der Waals surface area contributed by atoms with Gasteiger partial charge in [0.2, 0.25) is 5.91 Å². The highest BCUT2D eigenvalue weighted by Crippen LogP contribution is 2.27. The minimum Gasteiger partial charge on any atom is -0.495 e. The average molecular weight is 394 g/mol. The Labute approximate surface area is 163 Å². The largest absolute Gasteiger partial charge is 0.495 e. The fourth-order valence-electron chi connectivity index (χ4n) is 3.06. The lowest BCUT2D eigenvalue weighted by atomic mass is 10.2. The lowest BCUT2D eigenvalue weighted by molar-refractivity contribution is -0.117. The van der Waals surface area contributed by atoms with E-state index in [4.69, 9.17) is 16.3 Å². The third-order valence-electron chi connectivity index (χ3n) is 4.52. The predicted molar refractivity (Wildman–Crippen MR) is 108 cm³/mol. The summed E-state index contributed by atoms with van der Waals surface area (Å²) in [5.41, 5.74) is 0.611. The van der Waals surface area contributed by atoms with Crippen molar-refractivity contribution in [1.29, 1.82) is 0 Å². The fourth-order valence-corrected chi connectivity index (χ4v) is 3.94. The highest BCUT2D eigenvalue weighted by atomic mass is 35.5. The van der Waals surface area contributed by atoms with Crippen molar-refractivity contribution in [1.82, 2.24) is 9.80 Å². The number of carbonyl (C=O) groups is 1. The van der Waals surface area contributed by atoms with Crippen LogP contribution < -0.4 is 10.1 Å². The van der Waals surface area contributed by atoms with E-state index < -0.39 is 0 Å². The predicted octanol–water partition coefficient (Wildman–Crippen LogP) is 3.21. The first-order valence-electron chi connectivity index (χ1n) is 8.74. The van der Waals surface area contributed by atoms with E-state index in [1.807, 2.05) is 11.3 Å². The number of hydrogen-bond acceptors (Lipinski definition) is 5. The maximum atomic E-state index is 12.4. The number of piperazine rings is 1. The third kappa shape index (κ3) is 5.45. The summed E-state index contributed by atoms with van der Waals surface area (Å²) in [7, 11) is 1.58. The van der Waals surface area contributed by atoms with Gasteiger partial charge in [-0.3, -0.25) is 9.69 Å². The molecule has 0 spiro atoms. The second kappa shape index (κ2) is 9.37. The molecular weight excluding hydrogens is 370 g/mol. The van der Waals surface area contributed by atoms with Crippen LogP contribution in [0.1, 0.15) is 4.88 Å². The van der Waals surface area contributed by atoms with Gasteiger partial charge in [0.1, 0.15) is 5.75 Å². The van der Waals surface area contributed by atoms with Crippen LogP contribution in [0.25, 0.3) is 0 Å². The van der Waals surface area contributed by atoms with Gasteiger partial charge >= 0.3 is 0 Å². The van der Waals surface area contributed by atoms with E-state index in [0.29, 0.717) is 23.0 Å². The fraction of sp³-hybridized carbons (Fsp3) is 0.421.